The topological polar surface area (TPSA) is 43.0 Å². The molecule has 5 heteroatoms. The first-order chi connectivity index (χ1) is 17.8. The minimum Gasteiger partial charge on any atom is -0.369 e. The van der Waals surface area contributed by atoms with Crippen molar-refractivity contribution in [2.75, 3.05) is 32.7 Å². The molecule has 2 saturated heterocycles. The van der Waals surface area contributed by atoms with Gasteiger partial charge in [-0.2, -0.15) is 0 Å². The molecule has 2 aliphatic rings. The van der Waals surface area contributed by atoms with Crippen LogP contribution in [0.1, 0.15) is 23.1 Å². The van der Waals surface area contributed by atoms with E-state index >= 15 is 0 Å². The Hall–Kier alpha value is -2.54. The SMILES string of the molecule is c1ccc(COC2[C@@H](OCc3ccccc3)CN(C[C@H]3CCNC3)C[C@H]2OCc2ccccc2)cc1. The van der Waals surface area contributed by atoms with Gasteiger partial charge in [0.15, 0.2) is 0 Å². The van der Waals surface area contributed by atoms with E-state index in [4.69, 9.17) is 14.2 Å². The third kappa shape index (κ3) is 7.25. The highest BCUT2D eigenvalue weighted by molar-refractivity contribution is 5.15. The van der Waals surface area contributed by atoms with Crippen LogP contribution in [0.5, 0.6) is 0 Å². The standard InChI is InChI=1S/C31H38N2O3/c1-4-10-25(11-5-1)22-34-29-20-33(19-28-16-17-32-18-28)21-30(35-23-26-12-6-2-7-13-26)31(29)36-24-27-14-8-3-9-15-27/h1-15,28-32H,16-24H2/t28-,29-,30+,31?/m0/s1. The smallest absolute Gasteiger partial charge is 0.113 e. The third-order valence-corrected chi connectivity index (χ3v) is 7.19. The Kier molecular flexibility index (Phi) is 9.17. The quantitative estimate of drug-likeness (QED) is 0.427. The van der Waals surface area contributed by atoms with E-state index in [2.05, 4.69) is 83.0 Å². The highest BCUT2D eigenvalue weighted by Gasteiger charge is 2.40. The first-order valence-electron chi connectivity index (χ1n) is 13.2. The molecule has 0 radical (unpaired) electrons. The maximum Gasteiger partial charge on any atom is 0.113 e. The van der Waals surface area contributed by atoms with E-state index in [1.54, 1.807) is 0 Å². The molecule has 2 fully saturated rings. The summed E-state index contributed by atoms with van der Waals surface area (Å²) >= 11 is 0. The number of piperidine rings is 1. The summed E-state index contributed by atoms with van der Waals surface area (Å²) in [5.41, 5.74) is 3.52. The summed E-state index contributed by atoms with van der Waals surface area (Å²) in [5.74, 6) is 0.677. The Balaban J connectivity index is 1.33. The molecule has 5 nitrogen and oxygen atoms in total. The molecule has 0 aromatic heterocycles. The molecule has 36 heavy (non-hydrogen) atoms. The Bertz CT molecular complexity index is 958. The number of likely N-dealkylation sites (tertiary alicyclic amines) is 1. The zero-order valence-corrected chi connectivity index (χ0v) is 21.0. The molecule has 0 spiro atoms. The van der Waals surface area contributed by atoms with Crippen molar-refractivity contribution in [3.63, 3.8) is 0 Å². The number of rotatable bonds is 11. The first kappa shape index (κ1) is 25.1. The average Bonchev–Trinajstić information content (AvgIpc) is 3.45. The van der Waals surface area contributed by atoms with Crippen molar-refractivity contribution in [2.45, 2.75) is 44.6 Å². The molecule has 2 aliphatic heterocycles. The van der Waals surface area contributed by atoms with E-state index in [9.17, 15) is 0 Å². The van der Waals surface area contributed by atoms with E-state index in [-0.39, 0.29) is 18.3 Å². The van der Waals surface area contributed by atoms with E-state index in [1.165, 1.54) is 23.1 Å². The number of nitrogens with zero attached hydrogens (tertiary/aromatic N) is 1. The Morgan fingerprint density at radius 3 is 1.56 bits per heavy atom. The number of ether oxygens (including phenoxy) is 3. The van der Waals surface area contributed by atoms with Gasteiger partial charge in [-0.05, 0) is 42.1 Å². The lowest BCUT2D eigenvalue weighted by Crippen LogP contribution is -2.58. The summed E-state index contributed by atoms with van der Waals surface area (Å²) in [6.45, 7) is 6.67. The van der Waals surface area contributed by atoms with Crippen molar-refractivity contribution in [1.29, 1.82) is 0 Å². The molecule has 0 aliphatic carbocycles. The number of nitrogens with one attached hydrogen (secondary N) is 1. The van der Waals surface area contributed by atoms with Gasteiger partial charge in [-0.25, -0.2) is 0 Å². The fourth-order valence-electron chi connectivity index (χ4n) is 5.25. The van der Waals surface area contributed by atoms with Crippen LogP contribution in [0.15, 0.2) is 91.0 Å². The zero-order chi connectivity index (χ0) is 24.4. The Morgan fingerprint density at radius 1 is 0.639 bits per heavy atom. The lowest BCUT2D eigenvalue weighted by Gasteiger charge is -2.43. The monoisotopic (exact) mass is 486 g/mol. The van der Waals surface area contributed by atoms with Gasteiger partial charge in [0.05, 0.1) is 32.0 Å². The molecular formula is C31H38N2O3. The average molecular weight is 487 g/mol. The predicted octanol–water partition coefficient (Wildman–Crippen LogP) is 4.67. The second kappa shape index (κ2) is 13.1. The summed E-state index contributed by atoms with van der Waals surface area (Å²) in [6, 6.07) is 31.2. The zero-order valence-electron chi connectivity index (χ0n) is 21.0. The normalized spacial score (nSPS) is 24.7. The molecule has 1 unspecified atom stereocenters. The molecule has 1 N–H and O–H groups in total. The second-order valence-corrected chi connectivity index (χ2v) is 10.0. The molecular weight excluding hydrogens is 448 g/mol. The highest BCUT2D eigenvalue weighted by Crippen LogP contribution is 2.25. The molecule has 4 atom stereocenters. The predicted molar refractivity (Wildman–Crippen MR) is 142 cm³/mol. The van der Waals surface area contributed by atoms with Crippen LogP contribution in [-0.2, 0) is 34.0 Å². The van der Waals surface area contributed by atoms with Gasteiger partial charge in [0, 0.05) is 19.6 Å². The van der Waals surface area contributed by atoms with Crippen molar-refractivity contribution in [2.24, 2.45) is 5.92 Å². The van der Waals surface area contributed by atoms with Gasteiger partial charge < -0.3 is 19.5 Å². The Labute approximate surface area is 215 Å². The van der Waals surface area contributed by atoms with Crippen LogP contribution in [0, 0.1) is 5.92 Å². The van der Waals surface area contributed by atoms with Gasteiger partial charge >= 0.3 is 0 Å². The summed E-state index contributed by atoms with van der Waals surface area (Å²) in [7, 11) is 0. The summed E-state index contributed by atoms with van der Waals surface area (Å²) in [4.78, 5) is 2.53. The molecule has 190 valence electrons. The fraction of sp³-hybridized carbons (Fsp3) is 0.419. The lowest BCUT2D eigenvalue weighted by atomic mass is 9.98. The van der Waals surface area contributed by atoms with Gasteiger partial charge in [-0.1, -0.05) is 91.0 Å². The number of benzene rings is 3. The second-order valence-electron chi connectivity index (χ2n) is 10.0. The van der Waals surface area contributed by atoms with Crippen molar-refractivity contribution in [3.8, 4) is 0 Å². The minimum absolute atomic E-state index is 0.0715. The molecule has 5 rings (SSSR count). The van der Waals surface area contributed by atoms with Gasteiger partial charge in [-0.3, -0.25) is 4.90 Å². The van der Waals surface area contributed by atoms with Gasteiger partial charge in [0.2, 0.25) is 0 Å². The van der Waals surface area contributed by atoms with Crippen LogP contribution in [0.25, 0.3) is 0 Å². The van der Waals surface area contributed by atoms with E-state index in [0.29, 0.717) is 25.7 Å². The molecule has 0 bridgehead atoms. The largest absolute Gasteiger partial charge is 0.369 e. The molecule has 2 heterocycles. The van der Waals surface area contributed by atoms with Crippen LogP contribution in [-0.4, -0.2) is 55.9 Å². The van der Waals surface area contributed by atoms with Crippen molar-refractivity contribution in [1.82, 2.24) is 10.2 Å². The third-order valence-electron chi connectivity index (χ3n) is 7.19. The van der Waals surface area contributed by atoms with Crippen LogP contribution in [0.2, 0.25) is 0 Å². The molecule has 3 aromatic rings. The number of hydrogen-bond donors (Lipinski definition) is 1. The molecule has 0 amide bonds. The van der Waals surface area contributed by atoms with Gasteiger partial charge in [0.1, 0.15) is 6.10 Å². The maximum atomic E-state index is 6.60. The van der Waals surface area contributed by atoms with Gasteiger partial charge in [-0.15, -0.1) is 0 Å². The van der Waals surface area contributed by atoms with Crippen molar-refractivity contribution in [3.05, 3.63) is 108 Å². The summed E-state index contributed by atoms with van der Waals surface area (Å²) in [5, 5.41) is 3.51. The van der Waals surface area contributed by atoms with Gasteiger partial charge in [0.25, 0.3) is 0 Å². The minimum atomic E-state index is -0.143. The highest BCUT2D eigenvalue weighted by atomic mass is 16.6. The summed E-state index contributed by atoms with van der Waals surface area (Å²) in [6.07, 6.45) is 0.946. The number of hydrogen-bond acceptors (Lipinski definition) is 5. The van der Waals surface area contributed by atoms with Crippen LogP contribution in [0.3, 0.4) is 0 Å². The fourth-order valence-corrected chi connectivity index (χ4v) is 5.25. The van der Waals surface area contributed by atoms with Crippen molar-refractivity contribution >= 4 is 0 Å². The maximum absolute atomic E-state index is 6.60. The van der Waals surface area contributed by atoms with Crippen LogP contribution < -0.4 is 5.32 Å². The molecule has 0 saturated carbocycles. The lowest BCUT2D eigenvalue weighted by molar-refractivity contribution is -0.185. The molecule has 3 aromatic carbocycles. The van der Waals surface area contributed by atoms with E-state index in [1.807, 2.05) is 18.2 Å². The summed E-state index contributed by atoms with van der Waals surface area (Å²) < 4.78 is 19.8. The Morgan fingerprint density at radius 2 is 1.11 bits per heavy atom. The van der Waals surface area contributed by atoms with Crippen LogP contribution in [0.4, 0.5) is 0 Å². The van der Waals surface area contributed by atoms with E-state index in [0.717, 1.165) is 32.7 Å². The van der Waals surface area contributed by atoms with E-state index < -0.39 is 0 Å². The van der Waals surface area contributed by atoms with Crippen molar-refractivity contribution < 1.29 is 14.2 Å². The van der Waals surface area contributed by atoms with Crippen LogP contribution >= 0.6 is 0 Å². The first-order valence-corrected chi connectivity index (χ1v) is 13.2.